The molecule has 134 valence electrons. The first-order valence-electron chi connectivity index (χ1n) is 8.11. The molecule has 0 aliphatic rings. The molecule has 0 atom stereocenters. The molecule has 0 aliphatic heterocycles. The number of hydrogen-bond donors (Lipinski definition) is 1. The first kappa shape index (κ1) is 18.8. The highest BCUT2D eigenvalue weighted by molar-refractivity contribution is 7.99. The van der Waals surface area contributed by atoms with Crippen LogP contribution in [0.25, 0.3) is 6.08 Å². The highest BCUT2D eigenvalue weighted by atomic mass is 35.5. The number of nitrogens with one attached hydrogen (secondary N) is 1. The molecule has 0 bridgehead atoms. The minimum Gasteiger partial charge on any atom is -0.450 e. The van der Waals surface area contributed by atoms with Crippen LogP contribution in [0.2, 0.25) is 5.02 Å². The molecule has 1 heterocycles. The molecule has 1 amide bonds. The summed E-state index contributed by atoms with van der Waals surface area (Å²) in [5, 5.41) is 13.3. The van der Waals surface area contributed by atoms with Crippen LogP contribution in [0, 0.1) is 11.3 Å². The molecule has 3 rings (SSSR count). The maximum absolute atomic E-state index is 12.2. The zero-order valence-corrected chi connectivity index (χ0v) is 15.8. The lowest BCUT2D eigenvalue weighted by molar-refractivity contribution is -0.117. The minimum absolute atomic E-state index is 0.0108. The van der Waals surface area contributed by atoms with E-state index in [2.05, 4.69) is 5.32 Å². The van der Waals surface area contributed by atoms with Crippen molar-refractivity contribution in [2.24, 2.45) is 0 Å². The SMILES string of the molecule is N#C/C(=C\c1ccc(Sc2ccc(Cl)cc2)o1)C(=O)NCc1ccccc1. The quantitative estimate of drug-likeness (QED) is 0.454. The first-order chi connectivity index (χ1) is 13.1. The molecule has 1 N–H and O–H groups in total. The standard InChI is InChI=1S/C21H15ClN2O2S/c22-17-6-9-19(10-7-17)27-20-11-8-18(26-20)12-16(13-23)21(25)24-14-15-4-2-1-3-5-15/h1-12H,14H2,(H,24,25)/b16-12+. The topological polar surface area (TPSA) is 66.0 Å². The third-order valence-electron chi connectivity index (χ3n) is 3.58. The summed E-state index contributed by atoms with van der Waals surface area (Å²) in [6.07, 6.45) is 1.44. The number of nitriles is 1. The Morgan fingerprint density at radius 3 is 2.56 bits per heavy atom. The fourth-order valence-electron chi connectivity index (χ4n) is 2.25. The zero-order valence-electron chi connectivity index (χ0n) is 14.2. The van der Waals surface area contributed by atoms with E-state index in [1.54, 1.807) is 24.3 Å². The molecule has 0 saturated heterocycles. The van der Waals surface area contributed by atoms with E-state index < -0.39 is 5.91 Å². The van der Waals surface area contributed by atoms with E-state index in [0.717, 1.165) is 10.5 Å². The number of carbonyl (C=O) groups is 1. The Bertz CT molecular complexity index is 989. The molecule has 6 heteroatoms. The van der Waals surface area contributed by atoms with Crippen LogP contribution in [-0.4, -0.2) is 5.91 Å². The number of benzene rings is 2. The maximum Gasteiger partial charge on any atom is 0.262 e. The van der Waals surface area contributed by atoms with Crippen LogP contribution in [0.4, 0.5) is 0 Å². The van der Waals surface area contributed by atoms with Gasteiger partial charge in [-0.15, -0.1) is 0 Å². The van der Waals surface area contributed by atoms with E-state index in [0.29, 0.717) is 22.4 Å². The van der Waals surface area contributed by atoms with Crippen molar-refractivity contribution in [3.63, 3.8) is 0 Å². The van der Waals surface area contributed by atoms with Crippen molar-refractivity contribution in [3.05, 3.63) is 88.6 Å². The Morgan fingerprint density at radius 2 is 1.85 bits per heavy atom. The third-order valence-corrected chi connectivity index (χ3v) is 4.76. The molecule has 27 heavy (non-hydrogen) atoms. The van der Waals surface area contributed by atoms with Gasteiger partial charge in [-0.05, 0) is 42.0 Å². The summed E-state index contributed by atoms with van der Waals surface area (Å²) < 4.78 is 5.69. The number of hydrogen-bond acceptors (Lipinski definition) is 4. The van der Waals surface area contributed by atoms with Gasteiger partial charge in [0.2, 0.25) is 0 Å². The summed E-state index contributed by atoms with van der Waals surface area (Å²) in [7, 11) is 0. The fourth-order valence-corrected chi connectivity index (χ4v) is 3.15. The number of rotatable bonds is 6. The van der Waals surface area contributed by atoms with Crippen molar-refractivity contribution in [1.29, 1.82) is 5.26 Å². The summed E-state index contributed by atoms with van der Waals surface area (Å²) in [6, 6.07) is 22.3. The second kappa shape index (κ2) is 9.13. The van der Waals surface area contributed by atoms with Crippen molar-refractivity contribution in [2.45, 2.75) is 16.5 Å². The fraction of sp³-hybridized carbons (Fsp3) is 0.0476. The second-order valence-electron chi connectivity index (χ2n) is 5.55. The van der Waals surface area contributed by atoms with Gasteiger partial charge in [0.25, 0.3) is 5.91 Å². The summed E-state index contributed by atoms with van der Waals surface area (Å²) >= 11 is 7.31. The normalized spacial score (nSPS) is 11.0. The van der Waals surface area contributed by atoms with E-state index in [-0.39, 0.29) is 5.57 Å². The number of nitrogens with zero attached hydrogens (tertiary/aromatic N) is 1. The predicted octanol–water partition coefficient (Wildman–Crippen LogP) is 5.31. The molecule has 0 aliphatic carbocycles. The van der Waals surface area contributed by atoms with Gasteiger partial charge in [-0.25, -0.2) is 0 Å². The van der Waals surface area contributed by atoms with Gasteiger partial charge < -0.3 is 9.73 Å². The number of amides is 1. The van der Waals surface area contributed by atoms with Crippen LogP contribution in [0.1, 0.15) is 11.3 Å². The lowest BCUT2D eigenvalue weighted by Gasteiger charge is -2.03. The Kier molecular flexibility index (Phi) is 6.37. The highest BCUT2D eigenvalue weighted by Gasteiger charge is 2.11. The van der Waals surface area contributed by atoms with Crippen LogP contribution < -0.4 is 5.32 Å². The Hall–Kier alpha value is -2.94. The van der Waals surface area contributed by atoms with E-state index in [9.17, 15) is 10.1 Å². The van der Waals surface area contributed by atoms with Gasteiger partial charge in [-0.2, -0.15) is 5.26 Å². The van der Waals surface area contributed by atoms with Crippen LogP contribution in [0.15, 0.2) is 86.7 Å². The van der Waals surface area contributed by atoms with E-state index >= 15 is 0 Å². The number of furan rings is 1. The molecule has 2 aromatic carbocycles. The van der Waals surface area contributed by atoms with Crippen molar-refractivity contribution >= 4 is 35.3 Å². The van der Waals surface area contributed by atoms with Crippen molar-refractivity contribution in [3.8, 4) is 6.07 Å². The van der Waals surface area contributed by atoms with Crippen molar-refractivity contribution in [2.75, 3.05) is 0 Å². The average Bonchev–Trinajstić information content (AvgIpc) is 3.14. The molecule has 0 unspecified atom stereocenters. The lowest BCUT2D eigenvalue weighted by atomic mass is 10.2. The average molecular weight is 395 g/mol. The smallest absolute Gasteiger partial charge is 0.262 e. The van der Waals surface area contributed by atoms with Crippen LogP contribution >= 0.6 is 23.4 Å². The Labute approximate surface area is 166 Å². The molecule has 4 nitrogen and oxygen atoms in total. The molecule has 0 radical (unpaired) electrons. The summed E-state index contributed by atoms with van der Waals surface area (Å²) in [5.41, 5.74) is 0.950. The van der Waals surface area contributed by atoms with Crippen molar-refractivity contribution in [1.82, 2.24) is 5.32 Å². The predicted molar refractivity (Wildman–Crippen MR) is 106 cm³/mol. The van der Waals surface area contributed by atoms with Gasteiger partial charge >= 0.3 is 0 Å². The van der Waals surface area contributed by atoms with E-state index in [1.807, 2.05) is 48.5 Å². The largest absolute Gasteiger partial charge is 0.450 e. The molecule has 0 saturated carbocycles. The Morgan fingerprint density at radius 1 is 1.11 bits per heavy atom. The monoisotopic (exact) mass is 394 g/mol. The Balaban J connectivity index is 1.65. The summed E-state index contributed by atoms with van der Waals surface area (Å²) in [5.74, 6) is 0.00234. The highest BCUT2D eigenvalue weighted by Crippen LogP contribution is 2.30. The van der Waals surface area contributed by atoms with Gasteiger partial charge in [0.15, 0.2) is 5.09 Å². The van der Waals surface area contributed by atoms with E-state index in [1.165, 1.54) is 17.8 Å². The van der Waals surface area contributed by atoms with Gasteiger partial charge in [0.1, 0.15) is 17.4 Å². The number of halogens is 1. The first-order valence-corrected chi connectivity index (χ1v) is 9.30. The molecule has 3 aromatic rings. The van der Waals surface area contributed by atoms with Crippen molar-refractivity contribution < 1.29 is 9.21 Å². The minimum atomic E-state index is -0.440. The number of carbonyl (C=O) groups excluding carboxylic acids is 1. The van der Waals surface area contributed by atoms with Gasteiger partial charge in [0.05, 0.1) is 0 Å². The third kappa shape index (κ3) is 5.52. The summed E-state index contributed by atoms with van der Waals surface area (Å²) in [6.45, 7) is 0.356. The van der Waals surface area contributed by atoms with Crippen LogP contribution in [-0.2, 0) is 11.3 Å². The second-order valence-corrected chi connectivity index (χ2v) is 7.07. The molecule has 0 fully saturated rings. The zero-order chi connectivity index (χ0) is 19.1. The van der Waals surface area contributed by atoms with Gasteiger partial charge in [-0.1, -0.05) is 53.7 Å². The molecule has 0 spiro atoms. The van der Waals surface area contributed by atoms with E-state index in [4.69, 9.17) is 16.0 Å². The molecular weight excluding hydrogens is 380 g/mol. The van der Waals surface area contributed by atoms with Crippen LogP contribution in [0.3, 0.4) is 0 Å². The van der Waals surface area contributed by atoms with Gasteiger partial charge in [-0.3, -0.25) is 4.79 Å². The maximum atomic E-state index is 12.2. The summed E-state index contributed by atoms with van der Waals surface area (Å²) in [4.78, 5) is 13.2. The molecular formula is C21H15ClN2O2S. The molecule has 1 aromatic heterocycles. The van der Waals surface area contributed by atoms with Crippen LogP contribution in [0.5, 0.6) is 0 Å². The lowest BCUT2D eigenvalue weighted by Crippen LogP contribution is -2.23. The van der Waals surface area contributed by atoms with Gasteiger partial charge in [0, 0.05) is 22.5 Å².